The number of aromatic nitrogens is 1. The van der Waals surface area contributed by atoms with E-state index in [0.29, 0.717) is 12.1 Å². The third kappa shape index (κ3) is 4.20. The Balaban J connectivity index is 2.46. The number of methoxy groups -OCH3 is 2. The standard InChI is InChI=1S/C11H14N2O4/c1-16-10(14)7-12-6-9-4-3-8(5-13-9)11(15)17-2/h3-5,12H,6-7H2,1-2H3. The van der Waals surface area contributed by atoms with Crippen molar-refractivity contribution in [1.82, 2.24) is 10.3 Å². The van der Waals surface area contributed by atoms with Crippen molar-refractivity contribution >= 4 is 11.9 Å². The minimum Gasteiger partial charge on any atom is -0.468 e. The van der Waals surface area contributed by atoms with Gasteiger partial charge in [-0.3, -0.25) is 9.78 Å². The Morgan fingerprint density at radius 3 is 2.59 bits per heavy atom. The molecule has 0 aliphatic rings. The van der Waals surface area contributed by atoms with Crippen molar-refractivity contribution in [1.29, 1.82) is 0 Å². The van der Waals surface area contributed by atoms with Gasteiger partial charge in [-0.25, -0.2) is 4.79 Å². The summed E-state index contributed by atoms with van der Waals surface area (Å²) in [7, 11) is 2.64. The molecule has 0 aromatic carbocycles. The molecule has 6 heteroatoms. The van der Waals surface area contributed by atoms with E-state index in [1.807, 2.05) is 0 Å². The maximum absolute atomic E-state index is 11.1. The van der Waals surface area contributed by atoms with Gasteiger partial charge in [0.05, 0.1) is 32.0 Å². The Morgan fingerprint density at radius 2 is 2.06 bits per heavy atom. The number of nitrogens with zero attached hydrogens (tertiary/aromatic N) is 1. The fourth-order valence-corrected chi connectivity index (χ4v) is 1.13. The number of carbonyl (C=O) groups is 2. The largest absolute Gasteiger partial charge is 0.468 e. The highest BCUT2D eigenvalue weighted by Gasteiger charge is 2.05. The summed E-state index contributed by atoms with van der Waals surface area (Å²) in [4.78, 5) is 26.0. The molecule has 0 unspecified atom stereocenters. The van der Waals surface area contributed by atoms with Crippen LogP contribution in [0, 0.1) is 0 Å². The van der Waals surface area contributed by atoms with Crippen LogP contribution in [0.1, 0.15) is 16.1 Å². The fourth-order valence-electron chi connectivity index (χ4n) is 1.13. The van der Waals surface area contributed by atoms with Crippen molar-refractivity contribution in [2.45, 2.75) is 6.54 Å². The second kappa shape index (κ2) is 6.59. The summed E-state index contributed by atoms with van der Waals surface area (Å²) in [5, 5.41) is 2.86. The number of hydrogen-bond acceptors (Lipinski definition) is 6. The highest BCUT2D eigenvalue weighted by atomic mass is 16.5. The molecule has 0 radical (unpaired) electrons. The summed E-state index contributed by atoms with van der Waals surface area (Å²) in [5.74, 6) is -0.761. The van der Waals surface area contributed by atoms with Crippen LogP contribution in [0.5, 0.6) is 0 Å². The number of nitrogens with one attached hydrogen (secondary N) is 1. The molecule has 0 saturated carbocycles. The average Bonchev–Trinajstić information content (AvgIpc) is 2.38. The molecule has 1 aromatic rings. The second-order valence-electron chi connectivity index (χ2n) is 3.21. The maximum atomic E-state index is 11.1. The average molecular weight is 238 g/mol. The molecule has 1 heterocycles. The van der Waals surface area contributed by atoms with Crippen LogP contribution in [-0.2, 0) is 20.8 Å². The van der Waals surface area contributed by atoms with E-state index in [2.05, 4.69) is 19.8 Å². The van der Waals surface area contributed by atoms with Gasteiger partial charge in [0, 0.05) is 12.7 Å². The quantitative estimate of drug-likeness (QED) is 0.735. The van der Waals surface area contributed by atoms with Crippen LogP contribution in [0.4, 0.5) is 0 Å². The zero-order valence-corrected chi connectivity index (χ0v) is 9.73. The minimum absolute atomic E-state index is 0.122. The fraction of sp³-hybridized carbons (Fsp3) is 0.364. The van der Waals surface area contributed by atoms with Gasteiger partial charge in [-0.2, -0.15) is 0 Å². The van der Waals surface area contributed by atoms with E-state index >= 15 is 0 Å². The Kier molecular flexibility index (Phi) is 5.09. The molecule has 1 aromatic heterocycles. The molecular weight excluding hydrogens is 224 g/mol. The minimum atomic E-state index is -0.424. The van der Waals surface area contributed by atoms with Gasteiger partial charge < -0.3 is 14.8 Å². The maximum Gasteiger partial charge on any atom is 0.339 e. The third-order valence-corrected chi connectivity index (χ3v) is 2.05. The van der Waals surface area contributed by atoms with Crippen molar-refractivity contribution in [3.05, 3.63) is 29.6 Å². The van der Waals surface area contributed by atoms with Crippen LogP contribution in [-0.4, -0.2) is 37.7 Å². The Bertz CT molecular complexity index is 389. The first-order valence-corrected chi connectivity index (χ1v) is 4.98. The number of hydrogen-bond donors (Lipinski definition) is 1. The van der Waals surface area contributed by atoms with Crippen molar-refractivity contribution in [3.8, 4) is 0 Å². The van der Waals surface area contributed by atoms with E-state index in [-0.39, 0.29) is 12.5 Å². The lowest BCUT2D eigenvalue weighted by Crippen LogP contribution is -2.23. The summed E-state index contributed by atoms with van der Waals surface area (Å²) in [6, 6.07) is 3.31. The molecular formula is C11H14N2O4. The summed E-state index contributed by atoms with van der Waals surface area (Å²) in [5.41, 5.74) is 1.12. The third-order valence-electron chi connectivity index (χ3n) is 2.05. The first-order valence-electron chi connectivity index (χ1n) is 4.98. The van der Waals surface area contributed by atoms with Crippen molar-refractivity contribution in [3.63, 3.8) is 0 Å². The highest BCUT2D eigenvalue weighted by Crippen LogP contribution is 2.01. The summed E-state index contributed by atoms with van der Waals surface area (Å²) in [6.45, 7) is 0.549. The highest BCUT2D eigenvalue weighted by molar-refractivity contribution is 5.88. The molecule has 0 amide bonds. The topological polar surface area (TPSA) is 77.5 Å². The molecule has 0 fully saturated rings. The molecule has 0 bridgehead atoms. The second-order valence-corrected chi connectivity index (χ2v) is 3.21. The molecule has 6 nitrogen and oxygen atoms in total. The number of ether oxygens (including phenoxy) is 2. The smallest absolute Gasteiger partial charge is 0.339 e. The zero-order valence-electron chi connectivity index (χ0n) is 9.73. The zero-order chi connectivity index (χ0) is 12.7. The Morgan fingerprint density at radius 1 is 1.29 bits per heavy atom. The molecule has 1 N–H and O–H groups in total. The number of rotatable bonds is 5. The number of esters is 2. The van der Waals surface area contributed by atoms with Crippen LogP contribution in [0.3, 0.4) is 0 Å². The molecule has 0 atom stereocenters. The molecule has 17 heavy (non-hydrogen) atoms. The van der Waals surface area contributed by atoms with Gasteiger partial charge in [0.1, 0.15) is 0 Å². The number of pyridine rings is 1. The first kappa shape index (κ1) is 13.1. The summed E-state index contributed by atoms with van der Waals surface area (Å²) < 4.78 is 9.02. The van der Waals surface area contributed by atoms with Crippen LogP contribution in [0.15, 0.2) is 18.3 Å². The Labute approximate surface area is 98.9 Å². The molecule has 92 valence electrons. The van der Waals surface area contributed by atoms with Crippen molar-refractivity contribution in [2.24, 2.45) is 0 Å². The van der Waals surface area contributed by atoms with Crippen LogP contribution >= 0.6 is 0 Å². The van der Waals surface area contributed by atoms with Gasteiger partial charge in [0.2, 0.25) is 0 Å². The van der Waals surface area contributed by atoms with E-state index in [0.717, 1.165) is 5.69 Å². The summed E-state index contributed by atoms with van der Waals surface area (Å²) >= 11 is 0. The monoisotopic (exact) mass is 238 g/mol. The molecule has 0 spiro atoms. The van der Waals surface area contributed by atoms with Crippen LogP contribution in [0.2, 0.25) is 0 Å². The van der Waals surface area contributed by atoms with Gasteiger partial charge in [-0.15, -0.1) is 0 Å². The van der Waals surface area contributed by atoms with E-state index in [1.165, 1.54) is 20.4 Å². The van der Waals surface area contributed by atoms with Gasteiger partial charge >= 0.3 is 11.9 Å². The van der Waals surface area contributed by atoms with E-state index in [9.17, 15) is 9.59 Å². The lowest BCUT2D eigenvalue weighted by atomic mass is 10.2. The predicted octanol–water partition coefficient (Wildman–Crippen LogP) is 0.131. The first-order chi connectivity index (χ1) is 8.17. The van der Waals surface area contributed by atoms with E-state index < -0.39 is 5.97 Å². The SMILES string of the molecule is COC(=O)CNCc1ccc(C(=O)OC)cn1. The van der Waals surface area contributed by atoms with Crippen LogP contribution in [0.25, 0.3) is 0 Å². The predicted molar refractivity (Wildman–Crippen MR) is 59.3 cm³/mol. The molecule has 0 aliphatic carbocycles. The molecule has 0 aliphatic heterocycles. The molecule has 0 saturated heterocycles. The van der Waals surface area contributed by atoms with E-state index in [1.54, 1.807) is 12.1 Å². The van der Waals surface area contributed by atoms with Gasteiger partial charge in [0.25, 0.3) is 0 Å². The van der Waals surface area contributed by atoms with Gasteiger partial charge in [-0.1, -0.05) is 0 Å². The molecule has 1 rings (SSSR count). The van der Waals surface area contributed by atoms with Crippen molar-refractivity contribution in [2.75, 3.05) is 20.8 Å². The lowest BCUT2D eigenvalue weighted by Gasteiger charge is -2.03. The summed E-state index contributed by atoms with van der Waals surface area (Å²) in [6.07, 6.45) is 1.43. The Hall–Kier alpha value is -1.95. The van der Waals surface area contributed by atoms with Gasteiger partial charge in [0.15, 0.2) is 0 Å². The normalized spacial score (nSPS) is 9.76. The van der Waals surface area contributed by atoms with Gasteiger partial charge in [-0.05, 0) is 12.1 Å². The van der Waals surface area contributed by atoms with Crippen LogP contribution < -0.4 is 5.32 Å². The van der Waals surface area contributed by atoms with E-state index in [4.69, 9.17) is 0 Å². The lowest BCUT2D eigenvalue weighted by molar-refractivity contribution is -0.139. The number of carbonyl (C=O) groups excluding carboxylic acids is 2. The van der Waals surface area contributed by atoms with Crippen molar-refractivity contribution < 1.29 is 19.1 Å².